The number of ether oxygens (including phenoxy) is 1. The van der Waals surface area contributed by atoms with E-state index in [1.165, 1.54) is 0 Å². The third kappa shape index (κ3) is 3.26. The summed E-state index contributed by atoms with van der Waals surface area (Å²) in [6.45, 7) is 4.79. The van der Waals surface area contributed by atoms with Gasteiger partial charge in [0.15, 0.2) is 0 Å². The summed E-state index contributed by atoms with van der Waals surface area (Å²) in [5.74, 6) is 0.797. The maximum absolute atomic E-state index is 8.91. The van der Waals surface area contributed by atoms with Gasteiger partial charge in [-0.15, -0.1) is 0 Å². The van der Waals surface area contributed by atoms with Gasteiger partial charge in [-0.2, -0.15) is 0 Å². The van der Waals surface area contributed by atoms with E-state index in [9.17, 15) is 0 Å². The second-order valence-electron chi connectivity index (χ2n) is 3.60. The third-order valence-corrected chi connectivity index (χ3v) is 2.41. The van der Waals surface area contributed by atoms with E-state index in [0.29, 0.717) is 18.7 Å². The van der Waals surface area contributed by atoms with Gasteiger partial charge in [-0.1, -0.05) is 37.6 Å². The first-order valence-corrected chi connectivity index (χ1v) is 5.76. The van der Waals surface area contributed by atoms with Crippen LogP contribution in [0.3, 0.4) is 0 Å². The molecule has 0 amide bonds. The third-order valence-electron chi connectivity index (χ3n) is 2.41. The van der Waals surface area contributed by atoms with E-state index in [2.05, 4.69) is 12.1 Å². The lowest BCUT2D eigenvalue weighted by molar-refractivity contribution is 0.306. The molecular formula is C13H19NO2. The average Bonchev–Trinajstić information content (AvgIpc) is 2.33. The monoisotopic (exact) mass is 221 g/mol. The first-order valence-electron chi connectivity index (χ1n) is 5.76. The number of benzene rings is 1. The molecular weight excluding hydrogens is 202 g/mol. The molecule has 0 radical (unpaired) electrons. The van der Waals surface area contributed by atoms with Crippen molar-refractivity contribution >= 4 is 5.71 Å². The van der Waals surface area contributed by atoms with E-state index in [0.717, 1.165) is 24.2 Å². The van der Waals surface area contributed by atoms with Crippen molar-refractivity contribution in [3.63, 3.8) is 0 Å². The van der Waals surface area contributed by atoms with Crippen molar-refractivity contribution in [3.8, 4) is 5.75 Å². The molecule has 1 N–H and O–H groups in total. The molecule has 0 saturated carbocycles. The van der Waals surface area contributed by atoms with Crippen molar-refractivity contribution in [1.29, 1.82) is 0 Å². The highest BCUT2D eigenvalue weighted by Gasteiger charge is 2.08. The Morgan fingerprint density at radius 1 is 1.31 bits per heavy atom. The maximum Gasteiger partial charge on any atom is 0.128 e. The number of hydrogen-bond donors (Lipinski definition) is 1. The van der Waals surface area contributed by atoms with Crippen molar-refractivity contribution < 1.29 is 9.94 Å². The van der Waals surface area contributed by atoms with Crippen LogP contribution in [0.5, 0.6) is 5.75 Å². The van der Waals surface area contributed by atoms with Gasteiger partial charge in [0.2, 0.25) is 0 Å². The van der Waals surface area contributed by atoms with Crippen molar-refractivity contribution in [1.82, 2.24) is 0 Å². The molecule has 3 heteroatoms. The van der Waals surface area contributed by atoms with Crippen LogP contribution in [0.15, 0.2) is 29.4 Å². The lowest BCUT2D eigenvalue weighted by Gasteiger charge is -2.11. The van der Waals surface area contributed by atoms with E-state index < -0.39 is 0 Å². The zero-order valence-electron chi connectivity index (χ0n) is 9.94. The molecule has 16 heavy (non-hydrogen) atoms. The molecule has 3 nitrogen and oxygen atoms in total. The lowest BCUT2D eigenvalue weighted by Crippen LogP contribution is -2.05. The molecule has 0 saturated heterocycles. The van der Waals surface area contributed by atoms with Crippen LogP contribution >= 0.6 is 0 Å². The van der Waals surface area contributed by atoms with Crippen LogP contribution < -0.4 is 4.74 Å². The Bertz CT molecular complexity index is 348. The predicted molar refractivity (Wildman–Crippen MR) is 65.5 cm³/mol. The second kappa shape index (κ2) is 6.88. The van der Waals surface area contributed by atoms with Gasteiger partial charge < -0.3 is 9.94 Å². The number of oxime groups is 1. The van der Waals surface area contributed by atoms with Crippen molar-refractivity contribution in [3.05, 3.63) is 29.8 Å². The van der Waals surface area contributed by atoms with Crippen LogP contribution in [0.25, 0.3) is 0 Å². The summed E-state index contributed by atoms with van der Waals surface area (Å²) in [5.41, 5.74) is 1.54. The van der Waals surface area contributed by atoms with E-state index in [-0.39, 0.29) is 0 Å². The second-order valence-corrected chi connectivity index (χ2v) is 3.60. The van der Waals surface area contributed by atoms with Crippen LogP contribution in [0.2, 0.25) is 0 Å². The molecule has 0 unspecified atom stereocenters. The molecule has 0 aliphatic rings. The summed E-state index contributed by atoms with van der Waals surface area (Å²) in [6.07, 6.45) is 2.83. The van der Waals surface area contributed by atoms with Crippen LogP contribution in [0.4, 0.5) is 0 Å². The Morgan fingerprint density at radius 3 is 2.69 bits per heavy atom. The van der Waals surface area contributed by atoms with Crippen molar-refractivity contribution in [2.45, 2.75) is 33.1 Å². The first kappa shape index (κ1) is 12.6. The number of nitrogens with zero attached hydrogens (tertiary/aromatic N) is 1. The van der Waals surface area contributed by atoms with Gasteiger partial charge >= 0.3 is 0 Å². The van der Waals surface area contributed by atoms with Crippen LogP contribution in [0, 0.1) is 0 Å². The van der Waals surface area contributed by atoms with Crippen LogP contribution in [0.1, 0.15) is 38.7 Å². The zero-order chi connectivity index (χ0) is 11.8. The Hall–Kier alpha value is -1.51. The number of para-hydroxylation sites is 1. The van der Waals surface area contributed by atoms with Gasteiger partial charge in [-0.3, -0.25) is 0 Å². The summed E-state index contributed by atoms with van der Waals surface area (Å²) in [6, 6.07) is 7.67. The van der Waals surface area contributed by atoms with Gasteiger partial charge in [-0.05, 0) is 25.0 Å². The predicted octanol–water partition coefficient (Wildman–Crippen LogP) is 3.45. The molecule has 0 spiro atoms. The Morgan fingerprint density at radius 2 is 2.06 bits per heavy atom. The average molecular weight is 221 g/mol. The SMILES string of the molecule is CCCCOc1ccccc1/C(CC)=N/O. The number of unbranched alkanes of at least 4 members (excludes halogenated alkanes) is 1. The molecule has 0 atom stereocenters. The molecule has 0 aliphatic carbocycles. The summed E-state index contributed by atoms with van der Waals surface area (Å²) in [5, 5.41) is 12.2. The fourth-order valence-corrected chi connectivity index (χ4v) is 1.47. The first-order chi connectivity index (χ1) is 7.83. The molecule has 1 aromatic carbocycles. The molecule has 0 bridgehead atoms. The smallest absolute Gasteiger partial charge is 0.128 e. The molecule has 88 valence electrons. The lowest BCUT2D eigenvalue weighted by atomic mass is 10.1. The molecule has 0 aromatic heterocycles. The van der Waals surface area contributed by atoms with E-state index in [4.69, 9.17) is 9.94 Å². The molecule has 0 fully saturated rings. The molecule has 0 heterocycles. The standard InChI is InChI=1S/C13H19NO2/c1-3-5-10-16-13-9-7-6-8-11(13)12(4-2)14-15/h6-9,15H,3-5,10H2,1-2H3/b14-12+. The summed E-state index contributed by atoms with van der Waals surface area (Å²) < 4.78 is 5.67. The van der Waals surface area contributed by atoms with E-state index in [1.54, 1.807) is 0 Å². The van der Waals surface area contributed by atoms with Crippen LogP contribution in [-0.2, 0) is 0 Å². The largest absolute Gasteiger partial charge is 0.493 e. The quantitative estimate of drug-likeness (QED) is 0.346. The zero-order valence-corrected chi connectivity index (χ0v) is 9.94. The topological polar surface area (TPSA) is 41.8 Å². The van der Waals surface area contributed by atoms with Gasteiger partial charge in [0.25, 0.3) is 0 Å². The van der Waals surface area contributed by atoms with E-state index in [1.807, 2.05) is 31.2 Å². The van der Waals surface area contributed by atoms with Gasteiger partial charge in [0.1, 0.15) is 5.75 Å². The number of rotatable bonds is 6. The summed E-state index contributed by atoms with van der Waals surface area (Å²) in [4.78, 5) is 0. The fraction of sp³-hybridized carbons (Fsp3) is 0.462. The highest BCUT2D eigenvalue weighted by atomic mass is 16.5. The summed E-state index contributed by atoms with van der Waals surface area (Å²) in [7, 11) is 0. The van der Waals surface area contributed by atoms with Crippen molar-refractivity contribution in [2.24, 2.45) is 5.16 Å². The highest BCUT2D eigenvalue weighted by Crippen LogP contribution is 2.20. The fourth-order valence-electron chi connectivity index (χ4n) is 1.47. The maximum atomic E-state index is 8.91. The normalized spacial score (nSPS) is 11.5. The van der Waals surface area contributed by atoms with Gasteiger partial charge in [-0.25, -0.2) is 0 Å². The molecule has 1 rings (SSSR count). The summed E-state index contributed by atoms with van der Waals surface area (Å²) >= 11 is 0. The van der Waals surface area contributed by atoms with E-state index >= 15 is 0 Å². The minimum Gasteiger partial charge on any atom is -0.493 e. The van der Waals surface area contributed by atoms with Gasteiger partial charge in [0.05, 0.1) is 12.3 Å². The Balaban J connectivity index is 2.83. The number of hydrogen-bond acceptors (Lipinski definition) is 3. The molecule has 0 aliphatic heterocycles. The molecule has 1 aromatic rings. The minimum atomic E-state index is 0.659. The van der Waals surface area contributed by atoms with Crippen LogP contribution in [-0.4, -0.2) is 17.5 Å². The van der Waals surface area contributed by atoms with Crippen molar-refractivity contribution in [2.75, 3.05) is 6.61 Å². The van der Waals surface area contributed by atoms with Gasteiger partial charge in [0, 0.05) is 5.56 Å². The highest BCUT2D eigenvalue weighted by molar-refractivity contribution is 6.02. The Labute approximate surface area is 96.7 Å². The minimum absolute atomic E-state index is 0.659. The Kier molecular flexibility index (Phi) is 5.40.